The molecule has 0 aliphatic carbocycles. The van der Waals surface area contributed by atoms with Crippen LogP contribution in [0, 0.1) is 0 Å². The number of halogens is 1. The molecule has 2 N–H and O–H groups in total. The van der Waals surface area contributed by atoms with Crippen molar-refractivity contribution in [1.29, 1.82) is 0 Å². The van der Waals surface area contributed by atoms with Gasteiger partial charge in [-0.1, -0.05) is 20.8 Å². The maximum atomic E-state index is 5.57. The Balaban J connectivity index is 3.18. The number of anilines is 1. The van der Waals surface area contributed by atoms with Gasteiger partial charge in [0.1, 0.15) is 16.2 Å². The minimum atomic E-state index is -0.0576. The number of hydrogen-bond acceptors (Lipinski definition) is 3. The van der Waals surface area contributed by atoms with Crippen LogP contribution in [0.25, 0.3) is 0 Å². The van der Waals surface area contributed by atoms with Gasteiger partial charge < -0.3 is 5.73 Å². The van der Waals surface area contributed by atoms with E-state index in [4.69, 9.17) is 5.73 Å². The SMILES string of the molecule is CC(C)(C)c1nc(N)cc(Br)n1. The Morgan fingerprint density at radius 2 is 1.92 bits per heavy atom. The molecule has 0 aliphatic rings. The molecule has 0 amide bonds. The Hall–Kier alpha value is -0.640. The van der Waals surface area contributed by atoms with Gasteiger partial charge in [0, 0.05) is 11.5 Å². The molecule has 0 aromatic carbocycles. The molecule has 0 spiro atoms. The second kappa shape index (κ2) is 3.01. The van der Waals surface area contributed by atoms with Crippen molar-refractivity contribution in [1.82, 2.24) is 9.97 Å². The van der Waals surface area contributed by atoms with Crippen LogP contribution in [0.2, 0.25) is 0 Å². The van der Waals surface area contributed by atoms with E-state index in [0.717, 1.165) is 10.4 Å². The number of nitrogen functional groups attached to an aromatic ring is 1. The molecule has 66 valence electrons. The number of rotatable bonds is 0. The minimum Gasteiger partial charge on any atom is -0.384 e. The Kier molecular flexibility index (Phi) is 2.37. The summed E-state index contributed by atoms with van der Waals surface area (Å²) in [6.45, 7) is 6.15. The average molecular weight is 230 g/mol. The summed E-state index contributed by atoms with van der Waals surface area (Å²) in [7, 11) is 0. The summed E-state index contributed by atoms with van der Waals surface area (Å²) in [6.07, 6.45) is 0. The van der Waals surface area contributed by atoms with E-state index in [-0.39, 0.29) is 5.41 Å². The van der Waals surface area contributed by atoms with Gasteiger partial charge in [0.25, 0.3) is 0 Å². The first-order valence-corrected chi connectivity index (χ1v) is 4.49. The monoisotopic (exact) mass is 229 g/mol. The van der Waals surface area contributed by atoms with Crippen LogP contribution in [0.15, 0.2) is 10.7 Å². The third-order valence-electron chi connectivity index (χ3n) is 1.39. The van der Waals surface area contributed by atoms with Crippen LogP contribution in [0.1, 0.15) is 26.6 Å². The quantitative estimate of drug-likeness (QED) is 0.694. The lowest BCUT2D eigenvalue weighted by Crippen LogP contribution is -2.16. The second-order valence-electron chi connectivity index (χ2n) is 3.69. The van der Waals surface area contributed by atoms with Gasteiger partial charge in [0.15, 0.2) is 0 Å². The molecule has 0 saturated carbocycles. The molecule has 0 saturated heterocycles. The maximum absolute atomic E-state index is 5.57. The molecule has 0 fully saturated rings. The average Bonchev–Trinajstić information content (AvgIpc) is 1.82. The van der Waals surface area contributed by atoms with Gasteiger partial charge in [-0.3, -0.25) is 0 Å². The number of nitrogens with two attached hydrogens (primary N) is 1. The molecular weight excluding hydrogens is 218 g/mol. The van der Waals surface area contributed by atoms with E-state index < -0.39 is 0 Å². The Bertz CT molecular complexity index is 271. The minimum absolute atomic E-state index is 0.0576. The first kappa shape index (κ1) is 9.45. The fourth-order valence-corrected chi connectivity index (χ4v) is 1.17. The van der Waals surface area contributed by atoms with E-state index in [1.807, 2.05) is 20.8 Å². The molecule has 0 unspecified atom stereocenters. The van der Waals surface area contributed by atoms with Crippen LogP contribution in [0.5, 0.6) is 0 Å². The molecule has 1 rings (SSSR count). The van der Waals surface area contributed by atoms with Crippen molar-refractivity contribution in [3.05, 3.63) is 16.5 Å². The first-order chi connectivity index (χ1) is 5.39. The normalized spacial score (nSPS) is 11.7. The summed E-state index contributed by atoms with van der Waals surface area (Å²) >= 11 is 3.27. The first-order valence-electron chi connectivity index (χ1n) is 3.70. The molecule has 1 aromatic rings. The van der Waals surface area contributed by atoms with Gasteiger partial charge in [-0.15, -0.1) is 0 Å². The van der Waals surface area contributed by atoms with Crippen molar-refractivity contribution in [3.63, 3.8) is 0 Å². The van der Waals surface area contributed by atoms with Crippen LogP contribution >= 0.6 is 15.9 Å². The summed E-state index contributed by atoms with van der Waals surface area (Å²) < 4.78 is 0.736. The van der Waals surface area contributed by atoms with E-state index in [1.165, 1.54) is 0 Å². The molecule has 1 aromatic heterocycles. The molecule has 0 radical (unpaired) electrons. The van der Waals surface area contributed by atoms with E-state index in [9.17, 15) is 0 Å². The van der Waals surface area contributed by atoms with Gasteiger partial charge in [0.05, 0.1) is 0 Å². The zero-order valence-electron chi connectivity index (χ0n) is 7.43. The van der Waals surface area contributed by atoms with Crippen molar-refractivity contribution in [3.8, 4) is 0 Å². The fraction of sp³-hybridized carbons (Fsp3) is 0.500. The van der Waals surface area contributed by atoms with E-state index in [2.05, 4.69) is 25.9 Å². The molecule has 1 heterocycles. The van der Waals surface area contributed by atoms with Crippen molar-refractivity contribution < 1.29 is 0 Å². The lowest BCUT2D eigenvalue weighted by atomic mass is 9.96. The highest BCUT2D eigenvalue weighted by Gasteiger charge is 2.17. The van der Waals surface area contributed by atoms with Crippen molar-refractivity contribution in [2.75, 3.05) is 5.73 Å². The maximum Gasteiger partial charge on any atom is 0.137 e. The van der Waals surface area contributed by atoms with Gasteiger partial charge in [-0.05, 0) is 15.9 Å². The summed E-state index contributed by atoms with van der Waals surface area (Å²) in [5.41, 5.74) is 5.52. The van der Waals surface area contributed by atoms with Gasteiger partial charge in [-0.25, -0.2) is 9.97 Å². The summed E-state index contributed by atoms with van der Waals surface area (Å²) in [4.78, 5) is 8.37. The molecule has 3 nitrogen and oxygen atoms in total. The lowest BCUT2D eigenvalue weighted by Gasteiger charge is -2.16. The van der Waals surface area contributed by atoms with E-state index >= 15 is 0 Å². The third-order valence-corrected chi connectivity index (χ3v) is 1.79. The van der Waals surface area contributed by atoms with Crippen molar-refractivity contribution in [2.24, 2.45) is 0 Å². The Labute approximate surface area is 80.5 Å². The van der Waals surface area contributed by atoms with Gasteiger partial charge >= 0.3 is 0 Å². The zero-order valence-corrected chi connectivity index (χ0v) is 9.01. The number of nitrogens with zero attached hydrogens (tertiary/aromatic N) is 2. The summed E-state index contributed by atoms with van der Waals surface area (Å²) in [6, 6.07) is 1.69. The van der Waals surface area contributed by atoms with Gasteiger partial charge in [-0.2, -0.15) is 0 Å². The third kappa shape index (κ3) is 2.17. The van der Waals surface area contributed by atoms with Crippen LogP contribution in [-0.4, -0.2) is 9.97 Å². The molecule has 0 aliphatic heterocycles. The smallest absolute Gasteiger partial charge is 0.137 e. The van der Waals surface area contributed by atoms with E-state index in [0.29, 0.717) is 5.82 Å². The second-order valence-corrected chi connectivity index (χ2v) is 4.50. The fourth-order valence-electron chi connectivity index (χ4n) is 0.770. The van der Waals surface area contributed by atoms with Crippen LogP contribution in [-0.2, 0) is 5.41 Å². The van der Waals surface area contributed by atoms with Crippen molar-refractivity contribution in [2.45, 2.75) is 26.2 Å². The largest absolute Gasteiger partial charge is 0.384 e. The molecule has 0 atom stereocenters. The van der Waals surface area contributed by atoms with Crippen molar-refractivity contribution >= 4 is 21.7 Å². The Morgan fingerprint density at radius 3 is 2.33 bits per heavy atom. The number of aromatic nitrogens is 2. The van der Waals surface area contributed by atoms with Crippen LogP contribution < -0.4 is 5.73 Å². The highest BCUT2D eigenvalue weighted by molar-refractivity contribution is 9.10. The highest BCUT2D eigenvalue weighted by Crippen LogP contribution is 2.20. The Morgan fingerprint density at radius 1 is 1.33 bits per heavy atom. The number of hydrogen-bond donors (Lipinski definition) is 1. The highest BCUT2D eigenvalue weighted by atomic mass is 79.9. The van der Waals surface area contributed by atoms with Crippen LogP contribution in [0.3, 0.4) is 0 Å². The van der Waals surface area contributed by atoms with Crippen LogP contribution in [0.4, 0.5) is 5.82 Å². The zero-order chi connectivity index (χ0) is 9.35. The van der Waals surface area contributed by atoms with E-state index in [1.54, 1.807) is 6.07 Å². The molecule has 12 heavy (non-hydrogen) atoms. The molecule has 0 bridgehead atoms. The summed E-state index contributed by atoms with van der Waals surface area (Å²) in [5.74, 6) is 1.26. The topological polar surface area (TPSA) is 51.8 Å². The molecule has 4 heteroatoms. The lowest BCUT2D eigenvalue weighted by molar-refractivity contribution is 0.544. The predicted octanol–water partition coefficient (Wildman–Crippen LogP) is 2.12. The van der Waals surface area contributed by atoms with Gasteiger partial charge in [0.2, 0.25) is 0 Å². The standard InChI is InChI=1S/C8H12BrN3/c1-8(2,3)7-11-5(9)4-6(10)12-7/h4H,1-3H3,(H2,10,11,12). The predicted molar refractivity (Wildman–Crippen MR) is 52.8 cm³/mol. The molecular formula is C8H12BrN3. The summed E-state index contributed by atoms with van der Waals surface area (Å²) in [5, 5.41) is 0.